The van der Waals surface area contributed by atoms with Crippen molar-refractivity contribution in [2.75, 3.05) is 13.6 Å². The average molecular weight is 333 g/mol. The molecule has 0 spiro atoms. The van der Waals surface area contributed by atoms with Gasteiger partial charge in [-0.2, -0.15) is 17.5 Å². The molecule has 4 nitrogen and oxygen atoms in total. The fraction of sp³-hybridized carbons (Fsp3) is 0.375. The predicted octanol–water partition coefficient (Wildman–Crippen LogP) is 2.03. The first-order chi connectivity index (χ1) is 7.63. The lowest BCUT2D eigenvalue weighted by Crippen LogP contribution is -2.35. The van der Waals surface area contributed by atoms with E-state index in [0.717, 1.165) is 13.2 Å². The molecule has 0 aliphatic heterocycles. The van der Waals surface area contributed by atoms with Gasteiger partial charge in [0.25, 0.3) is 0 Å². The van der Waals surface area contributed by atoms with Crippen LogP contribution in [0.2, 0.25) is 0 Å². The molecule has 0 aromatic carbocycles. The van der Waals surface area contributed by atoms with Gasteiger partial charge in [0.1, 0.15) is 11.4 Å². The van der Waals surface area contributed by atoms with Crippen LogP contribution in [0.25, 0.3) is 0 Å². The first kappa shape index (κ1) is 14.4. The second kappa shape index (κ2) is 4.91. The van der Waals surface area contributed by atoms with Crippen molar-refractivity contribution in [1.82, 2.24) is 9.29 Å². The molecule has 9 heteroatoms. The predicted molar refractivity (Wildman–Crippen MR) is 57.8 cm³/mol. The number of hydrogen-bond donors (Lipinski definition) is 0. The van der Waals surface area contributed by atoms with E-state index in [1.165, 1.54) is 12.3 Å². The summed E-state index contributed by atoms with van der Waals surface area (Å²) in [6.45, 7) is -1.54. The van der Waals surface area contributed by atoms with Crippen LogP contribution in [0.3, 0.4) is 0 Å². The van der Waals surface area contributed by atoms with Gasteiger partial charge in [0, 0.05) is 23.9 Å². The van der Waals surface area contributed by atoms with E-state index >= 15 is 0 Å². The maximum atomic E-state index is 12.1. The molecule has 1 aromatic heterocycles. The molecule has 0 unspecified atom stereocenters. The molecule has 96 valence electrons. The molecular formula is C8H8BrF3N2O2S. The Kier molecular flexibility index (Phi) is 4.15. The van der Waals surface area contributed by atoms with E-state index in [9.17, 15) is 21.6 Å². The zero-order valence-electron chi connectivity index (χ0n) is 8.57. The first-order valence-electron chi connectivity index (χ1n) is 4.26. The van der Waals surface area contributed by atoms with Crippen LogP contribution < -0.4 is 0 Å². The van der Waals surface area contributed by atoms with E-state index in [1.54, 1.807) is 0 Å². The number of aromatic nitrogens is 1. The van der Waals surface area contributed by atoms with Gasteiger partial charge in [-0.05, 0) is 22.0 Å². The smallest absolute Gasteiger partial charge is 0.262 e. The summed E-state index contributed by atoms with van der Waals surface area (Å²) in [6.07, 6.45) is -2.25. The quantitative estimate of drug-likeness (QED) is 0.850. The standard InChI is InChI=1S/C8H8BrF3N2O2S/c1-14(5-8(10,11)12)17(15,16)7-2-6(9)3-13-4-7/h2-4H,5H2,1H3. The van der Waals surface area contributed by atoms with Crippen molar-refractivity contribution < 1.29 is 21.6 Å². The maximum Gasteiger partial charge on any atom is 0.402 e. The molecule has 0 fully saturated rings. The molecule has 0 aliphatic rings. The van der Waals surface area contributed by atoms with Gasteiger partial charge in [-0.25, -0.2) is 8.42 Å². The number of rotatable bonds is 3. The lowest BCUT2D eigenvalue weighted by molar-refractivity contribution is -0.134. The molecule has 1 heterocycles. The molecule has 1 aromatic rings. The highest BCUT2D eigenvalue weighted by Crippen LogP contribution is 2.22. The van der Waals surface area contributed by atoms with Crippen LogP contribution in [-0.2, 0) is 10.0 Å². The van der Waals surface area contributed by atoms with E-state index in [0.29, 0.717) is 4.47 Å². The van der Waals surface area contributed by atoms with E-state index in [-0.39, 0.29) is 9.20 Å². The zero-order chi connectivity index (χ0) is 13.3. The third-order valence-corrected chi connectivity index (χ3v) is 3.99. The molecule has 1 rings (SSSR count). The SMILES string of the molecule is CN(CC(F)(F)F)S(=O)(=O)c1cncc(Br)c1. The molecule has 0 radical (unpaired) electrons. The molecule has 0 atom stereocenters. The second-order valence-electron chi connectivity index (χ2n) is 3.22. The Balaban J connectivity index is 3.04. The van der Waals surface area contributed by atoms with Crippen molar-refractivity contribution in [2.45, 2.75) is 11.1 Å². The fourth-order valence-corrected chi connectivity index (χ4v) is 2.71. The van der Waals surface area contributed by atoms with Gasteiger partial charge >= 0.3 is 6.18 Å². The molecule has 0 N–H and O–H groups in total. The van der Waals surface area contributed by atoms with Gasteiger partial charge in [-0.15, -0.1) is 0 Å². The monoisotopic (exact) mass is 332 g/mol. The van der Waals surface area contributed by atoms with Crippen molar-refractivity contribution in [3.05, 3.63) is 22.9 Å². The second-order valence-corrected chi connectivity index (χ2v) is 6.18. The Morgan fingerprint density at radius 3 is 2.47 bits per heavy atom. The van der Waals surface area contributed by atoms with Crippen molar-refractivity contribution >= 4 is 26.0 Å². The molecule has 0 saturated heterocycles. The first-order valence-corrected chi connectivity index (χ1v) is 6.50. The Morgan fingerprint density at radius 2 is 2.00 bits per heavy atom. The Labute approximate surface area is 105 Å². The van der Waals surface area contributed by atoms with Crippen LogP contribution in [-0.4, -0.2) is 37.5 Å². The highest BCUT2D eigenvalue weighted by Gasteiger charge is 2.34. The van der Waals surface area contributed by atoms with Gasteiger partial charge in [0.05, 0.1) is 0 Å². The Bertz CT molecular complexity index is 504. The Hall–Kier alpha value is -0.670. The van der Waals surface area contributed by atoms with Crippen molar-refractivity contribution in [3.8, 4) is 0 Å². The van der Waals surface area contributed by atoms with Gasteiger partial charge in [-0.1, -0.05) is 0 Å². The summed E-state index contributed by atoms with van der Waals surface area (Å²) in [5, 5.41) is 0. The lowest BCUT2D eigenvalue weighted by Gasteiger charge is -2.18. The molecule has 0 amide bonds. The van der Waals surface area contributed by atoms with E-state index in [4.69, 9.17) is 0 Å². The summed E-state index contributed by atoms with van der Waals surface area (Å²) in [5.74, 6) is 0. The number of sulfonamides is 1. The lowest BCUT2D eigenvalue weighted by atomic mass is 10.5. The van der Waals surface area contributed by atoms with Gasteiger partial charge in [0.15, 0.2) is 0 Å². The third kappa shape index (κ3) is 3.93. The number of hydrogen-bond acceptors (Lipinski definition) is 3. The summed E-state index contributed by atoms with van der Waals surface area (Å²) >= 11 is 3.00. The molecule has 0 saturated carbocycles. The summed E-state index contributed by atoms with van der Waals surface area (Å²) in [7, 11) is -3.31. The normalized spacial score (nSPS) is 13.1. The molecular weight excluding hydrogens is 325 g/mol. The van der Waals surface area contributed by atoms with Crippen LogP contribution in [0.1, 0.15) is 0 Å². The van der Waals surface area contributed by atoms with Crippen LogP contribution in [0.15, 0.2) is 27.8 Å². The average Bonchev–Trinajstić information content (AvgIpc) is 2.15. The number of pyridine rings is 1. The summed E-state index contributed by atoms with van der Waals surface area (Å²) in [6, 6.07) is 1.19. The maximum absolute atomic E-state index is 12.1. The molecule has 17 heavy (non-hydrogen) atoms. The largest absolute Gasteiger partial charge is 0.402 e. The van der Waals surface area contributed by atoms with E-state index in [2.05, 4.69) is 20.9 Å². The number of nitrogens with zero attached hydrogens (tertiary/aromatic N) is 2. The van der Waals surface area contributed by atoms with Crippen LogP contribution >= 0.6 is 15.9 Å². The molecule has 0 aliphatic carbocycles. The molecule has 0 bridgehead atoms. The van der Waals surface area contributed by atoms with E-state index in [1.807, 2.05) is 0 Å². The van der Waals surface area contributed by atoms with E-state index < -0.39 is 22.7 Å². The minimum Gasteiger partial charge on any atom is -0.262 e. The van der Waals surface area contributed by atoms with Crippen molar-refractivity contribution in [2.24, 2.45) is 0 Å². The summed E-state index contributed by atoms with van der Waals surface area (Å²) in [4.78, 5) is 3.30. The third-order valence-electron chi connectivity index (χ3n) is 1.79. The fourth-order valence-electron chi connectivity index (χ4n) is 1.05. The topological polar surface area (TPSA) is 50.3 Å². The minimum absolute atomic E-state index is 0.233. The highest BCUT2D eigenvalue weighted by atomic mass is 79.9. The Morgan fingerprint density at radius 1 is 1.41 bits per heavy atom. The van der Waals surface area contributed by atoms with Crippen LogP contribution in [0.5, 0.6) is 0 Å². The van der Waals surface area contributed by atoms with Crippen molar-refractivity contribution in [1.29, 1.82) is 0 Å². The minimum atomic E-state index is -4.58. The van der Waals surface area contributed by atoms with Crippen LogP contribution in [0.4, 0.5) is 13.2 Å². The van der Waals surface area contributed by atoms with Crippen molar-refractivity contribution in [3.63, 3.8) is 0 Å². The van der Waals surface area contributed by atoms with Crippen LogP contribution in [0, 0.1) is 0 Å². The van der Waals surface area contributed by atoms with Gasteiger partial charge in [0.2, 0.25) is 10.0 Å². The number of halogens is 4. The van der Waals surface area contributed by atoms with Gasteiger partial charge < -0.3 is 0 Å². The summed E-state index contributed by atoms with van der Waals surface area (Å²) in [5.41, 5.74) is 0. The number of alkyl halides is 3. The summed E-state index contributed by atoms with van der Waals surface area (Å²) < 4.78 is 60.4. The zero-order valence-corrected chi connectivity index (χ0v) is 11.0. The van der Waals surface area contributed by atoms with Gasteiger partial charge in [-0.3, -0.25) is 4.98 Å². The highest BCUT2D eigenvalue weighted by molar-refractivity contribution is 9.10.